The fourth-order valence-electron chi connectivity index (χ4n) is 1.46. The third-order valence-corrected chi connectivity index (χ3v) is 3.86. The number of hydrogen-bond acceptors (Lipinski definition) is 4. The van der Waals surface area contributed by atoms with Gasteiger partial charge in [-0.2, -0.15) is 5.26 Å². The number of nitrogens with zero attached hydrogens (tertiary/aromatic N) is 2. The number of hydrogen-bond donors (Lipinski definition) is 1. The summed E-state index contributed by atoms with van der Waals surface area (Å²) in [4.78, 5) is 3.78. The summed E-state index contributed by atoms with van der Waals surface area (Å²) in [7, 11) is -3.61. The van der Waals surface area contributed by atoms with E-state index in [0.717, 1.165) is 5.56 Å². The molecule has 2 aromatic rings. The van der Waals surface area contributed by atoms with Crippen molar-refractivity contribution in [2.75, 3.05) is 0 Å². The quantitative estimate of drug-likeness (QED) is 0.913. The molecule has 0 aliphatic carbocycles. The predicted octanol–water partition coefficient (Wildman–Crippen LogP) is 1.43. The minimum Gasteiger partial charge on any atom is -0.244 e. The zero-order chi connectivity index (χ0) is 13.7. The van der Waals surface area contributed by atoms with E-state index in [0.29, 0.717) is 0 Å². The van der Waals surface area contributed by atoms with Gasteiger partial charge in [-0.05, 0) is 17.7 Å². The Kier molecular flexibility index (Phi) is 3.90. The summed E-state index contributed by atoms with van der Waals surface area (Å²) >= 11 is 0. The summed E-state index contributed by atoms with van der Waals surface area (Å²) < 4.78 is 26.4. The van der Waals surface area contributed by atoms with Crippen LogP contribution in [0.4, 0.5) is 0 Å². The molecule has 0 saturated carbocycles. The van der Waals surface area contributed by atoms with Crippen LogP contribution in [0.25, 0.3) is 0 Å². The van der Waals surface area contributed by atoms with Crippen LogP contribution in [0.2, 0.25) is 0 Å². The fourth-order valence-corrected chi connectivity index (χ4v) is 2.42. The van der Waals surface area contributed by atoms with Crippen molar-refractivity contribution < 1.29 is 8.42 Å². The van der Waals surface area contributed by atoms with E-state index in [2.05, 4.69) is 9.71 Å². The molecule has 0 atom stereocenters. The van der Waals surface area contributed by atoms with Gasteiger partial charge in [0.05, 0.1) is 0 Å². The lowest BCUT2D eigenvalue weighted by atomic mass is 10.2. The van der Waals surface area contributed by atoms with Crippen molar-refractivity contribution in [3.05, 3.63) is 59.9 Å². The summed E-state index contributed by atoms with van der Waals surface area (Å²) in [6, 6.07) is 13.8. The molecule has 1 N–H and O–H groups in total. The maximum absolute atomic E-state index is 12.0. The number of nitrogens with one attached hydrogen (secondary N) is 1. The van der Waals surface area contributed by atoms with Crippen molar-refractivity contribution in [3.8, 4) is 6.07 Å². The molecular weight excluding hydrogens is 262 g/mol. The second-order valence-corrected chi connectivity index (χ2v) is 5.57. The summed E-state index contributed by atoms with van der Waals surface area (Å²) in [5, 5.41) is 8.61. The molecule has 2 rings (SSSR count). The Balaban J connectivity index is 2.12. The number of nitriles is 1. The van der Waals surface area contributed by atoms with Crippen LogP contribution in [0.3, 0.4) is 0 Å². The number of pyridine rings is 1. The first-order valence-corrected chi connectivity index (χ1v) is 7.00. The average molecular weight is 273 g/mol. The number of rotatable bonds is 4. The first-order chi connectivity index (χ1) is 9.12. The number of benzene rings is 1. The summed E-state index contributed by atoms with van der Waals surface area (Å²) in [5.74, 6) is 0. The monoisotopic (exact) mass is 273 g/mol. The lowest BCUT2D eigenvalue weighted by molar-refractivity contribution is 0.581. The van der Waals surface area contributed by atoms with E-state index < -0.39 is 10.0 Å². The van der Waals surface area contributed by atoms with Gasteiger partial charge in [0.1, 0.15) is 16.7 Å². The van der Waals surface area contributed by atoms with Crippen LogP contribution in [0.15, 0.2) is 53.6 Å². The minimum atomic E-state index is -3.61. The van der Waals surface area contributed by atoms with Crippen molar-refractivity contribution in [2.24, 2.45) is 0 Å². The molecule has 0 spiro atoms. The van der Waals surface area contributed by atoms with Crippen molar-refractivity contribution in [1.82, 2.24) is 9.71 Å². The normalized spacial score (nSPS) is 10.9. The fraction of sp³-hybridized carbons (Fsp3) is 0.0769. The highest BCUT2D eigenvalue weighted by atomic mass is 32.2. The standard InChI is InChI=1S/C13H11N3O2S/c14-8-12-6-7-13(10-15-12)19(17,18)16-9-11-4-2-1-3-5-11/h1-7,10,16H,9H2. The second-order valence-electron chi connectivity index (χ2n) is 3.80. The van der Waals surface area contributed by atoms with E-state index in [9.17, 15) is 8.42 Å². The first kappa shape index (κ1) is 13.2. The molecule has 19 heavy (non-hydrogen) atoms. The average Bonchev–Trinajstić information content (AvgIpc) is 2.46. The zero-order valence-electron chi connectivity index (χ0n) is 9.95. The molecule has 0 aliphatic rings. The molecule has 0 amide bonds. The molecule has 0 fully saturated rings. The third-order valence-electron chi connectivity index (χ3n) is 2.47. The Labute approximate surface area is 111 Å². The van der Waals surface area contributed by atoms with Crippen LogP contribution in [0, 0.1) is 11.3 Å². The highest BCUT2D eigenvalue weighted by Crippen LogP contribution is 2.08. The predicted molar refractivity (Wildman–Crippen MR) is 69.4 cm³/mol. The minimum absolute atomic E-state index is 0.0439. The van der Waals surface area contributed by atoms with Gasteiger partial charge in [0.2, 0.25) is 10.0 Å². The van der Waals surface area contributed by atoms with Crippen molar-refractivity contribution in [3.63, 3.8) is 0 Å². The van der Waals surface area contributed by atoms with Gasteiger partial charge in [-0.3, -0.25) is 0 Å². The van der Waals surface area contributed by atoms with Crippen LogP contribution in [0.1, 0.15) is 11.3 Å². The molecule has 96 valence electrons. The van der Waals surface area contributed by atoms with E-state index in [4.69, 9.17) is 5.26 Å². The lowest BCUT2D eigenvalue weighted by Crippen LogP contribution is -2.23. The van der Waals surface area contributed by atoms with Gasteiger partial charge in [0.25, 0.3) is 0 Å². The molecule has 1 aromatic carbocycles. The second kappa shape index (κ2) is 5.61. The van der Waals surface area contributed by atoms with Crippen LogP contribution in [-0.4, -0.2) is 13.4 Å². The number of sulfonamides is 1. The van der Waals surface area contributed by atoms with Gasteiger partial charge < -0.3 is 0 Å². The van der Waals surface area contributed by atoms with Gasteiger partial charge in [-0.1, -0.05) is 30.3 Å². The maximum Gasteiger partial charge on any atom is 0.242 e. The van der Waals surface area contributed by atoms with Crippen LogP contribution in [-0.2, 0) is 16.6 Å². The smallest absolute Gasteiger partial charge is 0.242 e. The van der Waals surface area contributed by atoms with Crippen LogP contribution in [0.5, 0.6) is 0 Å². The van der Waals surface area contributed by atoms with Gasteiger partial charge >= 0.3 is 0 Å². The van der Waals surface area contributed by atoms with Crippen LogP contribution < -0.4 is 4.72 Å². The Morgan fingerprint density at radius 1 is 1.16 bits per heavy atom. The molecule has 1 aromatic heterocycles. The highest BCUT2D eigenvalue weighted by Gasteiger charge is 2.13. The van der Waals surface area contributed by atoms with Gasteiger partial charge in [-0.25, -0.2) is 18.1 Å². The topological polar surface area (TPSA) is 82.8 Å². The van der Waals surface area contributed by atoms with E-state index in [1.807, 2.05) is 36.4 Å². The van der Waals surface area contributed by atoms with E-state index >= 15 is 0 Å². The molecule has 0 unspecified atom stereocenters. The Morgan fingerprint density at radius 2 is 1.89 bits per heavy atom. The molecule has 5 nitrogen and oxygen atoms in total. The van der Waals surface area contributed by atoms with Gasteiger partial charge in [0, 0.05) is 12.7 Å². The molecule has 0 radical (unpaired) electrons. The number of aromatic nitrogens is 1. The Hall–Kier alpha value is -2.23. The summed E-state index contributed by atoms with van der Waals surface area (Å²) in [5.41, 5.74) is 1.05. The van der Waals surface area contributed by atoms with Crippen molar-refractivity contribution >= 4 is 10.0 Å². The summed E-state index contributed by atoms with van der Waals surface area (Å²) in [6.07, 6.45) is 1.17. The summed E-state index contributed by atoms with van der Waals surface area (Å²) in [6.45, 7) is 0.211. The highest BCUT2D eigenvalue weighted by molar-refractivity contribution is 7.89. The Bertz CT molecular complexity index is 689. The van der Waals surface area contributed by atoms with Gasteiger partial charge in [0.15, 0.2) is 0 Å². The third kappa shape index (κ3) is 3.37. The van der Waals surface area contributed by atoms with Crippen LogP contribution >= 0.6 is 0 Å². The molecular formula is C13H11N3O2S. The largest absolute Gasteiger partial charge is 0.244 e. The molecule has 1 heterocycles. The van der Waals surface area contributed by atoms with Crippen molar-refractivity contribution in [2.45, 2.75) is 11.4 Å². The molecule has 6 heteroatoms. The SMILES string of the molecule is N#Cc1ccc(S(=O)(=O)NCc2ccccc2)cn1. The first-order valence-electron chi connectivity index (χ1n) is 5.51. The van der Waals surface area contributed by atoms with E-state index in [-0.39, 0.29) is 17.1 Å². The van der Waals surface area contributed by atoms with E-state index in [1.54, 1.807) is 0 Å². The molecule has 0 saturated heterocycles. The molecule has 0 bridgehead atoms. The van der Waals surface area contributed by atoms with E-state index in [1.165, 1.54) is 18.3 Å². The molecule has 0 aliphatic heterocycles. The zero-order valence-corrected chi connectivity index (χ0v) is 10.8. The Morgan fingerprint density at radius 3 is 2.47 bits per heavy atom. The van der Waals surface area contributed by atoms with Gasteiger partial charge in [-0.15, -0.1) is 0 Å². The maximum atomic E-state index is 12.0. The lowest BCUT2D eigenvalue weighted by Gasteiger charge is -2.06. The van der Waals surface area contributed by atoms with Crippen molar-refractivity contribution in [1.29, 1.82) is 5.26 Å².